The summed E-state index contributed by atoms with van der Waals surface area (Å²) in [6.07, 6.45) is 3.02. The Kier molecular flexibility index (Phi) is 3.51. The van der Waals surface area contributed by atoms with Crippen molar-refractivity contribution in [1.82, 2.24) is 0 Å². The van der Waals surface area contributed by atoms with E-state index < -0.39 is 0 Å². The summed E-state index contributed by atoms with van der Waals surface area (Å²) in [5.74, 6) is 1.02. The second kappa shape index (κ2) is 5.45. The van der Waals surface area contributed by atoms with Crippen LogP contribution in [0.25, 0.3) is 0 Å². The highest BCUT2D eigenvalue weighted by atomic mass is 16.5. The fourth-order valence-electron chi connectivity index (χ4n) is 2.71. The molecule has 1 atom stereocenters. The number of rotatable bonds is 4. The van der Waals surface area contributed by atoms with E-state index in [1.807, 2.05) is 12.1 Å². The van der Waals surface area contributed by atoms with Gasteiger partial charge in [-0.15, -0.1) is 0 Å². The minimum absolute atomic E-state index is 0.188. The summed E-state index contributed by atoms with van der Waals surface area (Å²) in [5.41, 5.74) is 9.96. The second-order valence-electron chi connectivity index (χ2n) is 5.05. The van der Waals surface area contributed by atoms with Gasteiger partial charge in [-0.25, -0.2) is 0 Å². The average molecular weight is 253 g/mol. The predicted octanol–water partition coefficient (Wildman–Crippen LogP) is 3.25. The lowest BCUT2D eigenvalue weighted by atomic mass is 10.1. The first-order valence-electron chi connectivity index (χ1n) is 6.88. The van der Waals surface area contributed by atoms with Crippen LogP contribution in [-0.4, -0.2) is 6.61 Å². The minimum Gasteiger partial charge on any atom is -0.493 e. The molecule has 1 aliphatic carbocycles. The van der Waals surface area contributed by atoms with E-state index in [4.69, 9.17) is 10.5 Å². The molecule has 0 aliphatic heterocycles. The van der Waals surface area contributed by atoms with Crippen LogP contribution in [0.3, 0.4) is 0 Å². The van der Waals surface area contributed by atoms with Gasteiger partial charge in [0.1, 0.15) is 5.75 Å². The van der Waals surface area contributed by atoms with Crippen molar-refractivity contribution in [2.45, 2.75) is 25.3 Å². The van der Waals surface area contributed by atoms with E-state index in [0.717, 1.165) is 31.6 Å². The van der Waals surface area contributed by atoms with Gasteiger partial charge in [0.15, 0.2) is 0 Å². The standard InChI is InChI=1S/C17H19NO/c18-16-10-9-15-14(16)7-4-8-17(15)19-12-11-13-5-2-1-3-6-13/h1-8,16H,9-12,18H2. The average Bonchev–Trinajstić information content (AvgIpc) is 2.83. The largest absolute Gasteiger partial charge is 0.493 e. The fraction of sp³-hybridized carbons (Fsp3) is 0.294. The van der Waals surface area contributed by atoms with Crippen molar-refractivity contribution in [2.75, 3.05) is 6.61 Å². The molecule has 0 fully saturated rings. The molecule has 0 saturated carbocycles. The third kappa shape index (κ3) is 2.64. The Morgan fingerprint density at radius 2 is 1.89 bits per heavy atom. The number of fused-ring (bicyclic) bond motifs is 1. The van der Waals surface area contributed by atoms with Gasteiger partial charge in [0.2, 0.25) is 0 Å². The molecular formula is C17H19NO. The van der Waals surface area contributed by atoms with Crippen molar-refractivity contribution in [2.24, 2.45) is 5.73 Å². The molecule has 0 bridgehead atoms. The van der Waals surface area contributed by atoms with Crippen molar-refractivity contribution in [1.29, 1.82) is 0 Å². The number of hydrogen-bond donors (Lipinski definition) is 1. The molecule has 2 heteroatoms. The van der Waals surface area contributed by atoms with Crippen LogP contribution in [0.2, 0.25) is 0 Å². The lowest BCUT2D eigenvalue weighted by Gasteiger charge is -2.11. The van der Waals surface area contributed by atoms with Gasteiger partial charge in [0.25, 0.3) is 0 Å². The number of ether oxygens (including phenoxy) is 1. The van der Waals surface area contributed by atoms with Crippen LogP contribution in [0.4, 0.5) is 0 Å². The Morgan fingerprint density at radius 3 is 2.74 bits per heavy atom. The molecule has 2 aromatic rings. The van der Waals surface area contributed by atoms with Crippen LogP contribution in [0.5, 0.6) is 5.75 Å². The maximum absolute atomic E-state index is 6.08. The highest BCUT2D eigenvalue weighted by Crippen LogP contribution is 2.35. The Morgan fingerprint density at radius 1 is 1.05 bits per heavy atom. The molecule has 2 aromatic carbocycles. The Hall–Kier alpha value is -1.80. The van der Waals surface area contributed by atoms with E-state index in [2.05, 4.69) is 36.4 Å². The minimum atomic E-state index is 0.188. The first-order valence-corrected chi connectivity index (χ1v) is 6.88. The third-order valence-electron chi connectivity index (χ3n) is 3.77. The first-order chi connectivity index (χ1) is 9.34. The monoisotopic (exact) mass is 253 g/mol. The molecule has 0 radical (unpaired) electrons. The van der Waals surface area contributed by atoms with Crippen molar-refractivity contribution in [3.05, 3.63) is 65.2 Å². The van der Waals surface area contributed by atoms with Crippen LogP contribution in [0.1, 0.15) is 29.2 Å². The summed E-state index contributed by atoms with van der Waals surface area (Å²) < 4.78 is 5.95. The summed E-state index contributed by atoms with van der Waals surface area (Å²) in [6, 6.07) is 16.8. The van der Waals surface area contributed by atoms with E-state index in [-0.39, 0.29) is 6.04 Å². The molecule has 1 aliphatic rings. The molecule has 0 aromatic heterocycles. The van der Waals surface area contributed by atoms with Gasteiger partial charge in [-0.05, 0) is 35.6 Å². The number of hydrogen-bond acceptors (Lipinski definition) is 2. The van der Waals surface area contributed by atoms with Gasteiger partial charge >= 0.3 is 0 Å². The van der Waals surface area contributed by atoms with Gasteiger partial charge < -0.3 is 10.5 Å². The van der Waals surface area contributed by atoms with Gasteiger partial charge in [-0.3, -0.25) is 0 Å². The summed E-state index contributed by atoms with van der Waals surface area (Å²) in [5, 5.41) is 0. The fourth-order valence-corrected chi connectivity index (χ4v) is 2.71. The summed E-state index contributed by atoms with van der Waals surface area (Å²) in [4.78, 5) is 0. The van der Waals surface area contributed by atoms with Crippen LogP contribution in [0.15, 0.2) is 48.5 Å². The quantitative estimate of drug-likeness (QED) is 0.907. The first kappa shape index (κ1) is 12.2. The van der Waals surface area contributed by atoms with Crippen LogP contribution in [-0.2, 0) is 12.8 Å². The van der Waals surface area contributed by atoms with E-state index in [9.17, 15) is 0 Å². The molecule has 19 heavy (non-hydrogen) atoms. The highest BCUT2D eigenvalue weighted by molar-refractivity contribution is 5.44. The zero-order valence-electron chi connectivity index (χ0n) is 11.0. The molecule has 3 rings (SSSR count). The van der Waals surface area contributed by atoms with Crippen LogP contribution >= 0.6 is 0 Å². The zero-order valence-corrected chi connectivity index (χ0v) is 11.0. The summed E-state index contributed by atoms with van der Waals surface area (Å²) in [7, 11) is 0. The molecule has 0 heterocycles. The zero-order chi connectivity index (χ0) is 13.1. The van der Waals surface area contributed by atoms with Gasteiger partial charge in [-0.1, -0.05) is 42.5 Å². The van der Waals surface area contributed by atoms with Crippen LogP contribution < -0.4 is 10.5 Å². The summed E-state index contributed by atoms with van der Waals surface area (Å²) >= 11 is 0. The van der Waals surface area contributed by atoms with E-state index >= 15 is 0 Å². The maximum Gasteiger partial charge on any atom is 0.122 e. The van der Waals surface area contributed by atoms with Crippen molar-refractivity contribution < 1.29 is 4.74 Å². The second-order valence-corrected chi connectivity index (χ2v) is 5.05. The Labute approximate surface area is 114 Å². The van der Waals surface area contributed by atoms with Crippen molar-refractivity contribution >= 4 is 0 Å². The van der Waals surface area contributed by atoms with Gasteiger partial charge in [0.05, 0.1) is 6.61 Å². The molecule has 2 nitrogen and oxygen atoms in total. The Bertz CT molecular complexity index is 550. The molecule has 98 valence electrons. The maximum atomic E-state index is 6.08. The van der Waals surface area contributed by atoms with E-state index in [0.29, 0.717) is 0 Å². The Balaban J connectivity index is 1.65. The molecule has 0 spiro atoms. The third-order valence-corrected chi connectivity index (χ3v) is 3.77. The highest BCUT2D eigenvalue weighted by Gasteiger charge is 2.21. The van der Waals surface area contributed by atoms with Gasteiger partial charge in [-0.2, -0.15) is 0 Å². The molecule has 1 unspecified atom stereocenters. The summed E-state index contributed by atoms with van der Waals surface area (Å²) in [6.45, 7) is 0.718. The smallest absolute Gasteiger partial charge is 0.122 e. The lowest BCUT2D eigenvalue weighted by Crippen LogP contribution is -2.06. The molecule has 0 saturated heterocycles. The predicted molar refractivity (Wildman–Crippen MR) is 77.3 cm³/mol. The van der Waals surface area contributed by atoms with E-state index in [1.165, 1.54) is 16.7 Å². The van der Waals surface area contributed by atoms with Crippen molar-refractivity contribution in [3.63, 3.8) is 0 Å². The van der Waals surface area contributed by atoms with Crippen LogP contribution in [0, 0.1) is 0 Å². The normalized spacial score (nSPS) is 17.2. The molecule has 2 N–H and O–H groups in total. The van der Waals surface area contributed by atoms with E-state index in [1.54, 1.807) is 0 Å². The van der Waals surface area contributed by atoms with Crippen molar-refractivity contribution in [3.8, 4) is 5.75 Å². The lowest BCUT2D eigenvalue weighted by molar-refractivity contribution is 0.319. The molecular weight excluding hydrogens is 234 g/mol. The molecule has 0 amide bonds. The number of benzene rings is 2. The van der Waals surface area contributed by atoms with Gasteiger partial charge in [0, 0.05) is 12.5 Å². The topological polar surface area (TPSA) is 35.2 Å². The SMILES string of the molecule is NC1CCc2c(OCCc3ccccc3)cccc21. The number of nitrogens with two attached hydrogens (primary N) is 1.